The number of rotatable bonds is 2. The van der Waals surface area contributed by atoms with Crippen LogP contribution in [0, 0.1) is 0 Å². The van der Waals surface area contributed by atoms with Crippen LogP contribution >= 0.6 is 11.6 Å². The van der Waals surface area contributed by atoms with Crippen molar-refractivity contribution in [3.8, 4) is 0 Å². The Hall–Kier alpha value is -1.96. The zero-order chi connectivity index (χ0) is 17.3. The second-order valence-electron chi connectivity index (χ2n) is 5.29. The number of anilines is 1. The Balaban J connectivity index is 3.26. The molecule has 0 saturated heterocycles. The molecule has 1 N–H and O–H groups in total. The first kappa shape index (κ1) is 18.1. The van der Waals surface area contributed by atoms with Gasteiger partial charge in [0.1, 0.15) is 5.60 Å². The number of aromatic carboxylic acids is 1. The fourth-order valence-electron chi connectivity index (χ4n) is 1.48. The zero-order valence-corrected chi connectivity index (χ0v) is 12.6. The molecule has 1 aromatic carbocycles. The van der Waals surface area contributed by atoms with Gasteiger partial charge >= 0.3 is 12.3 Å². The maximum Gasteiger partial charge on any atom is 0.417 e. The number of benzene rings is 1. The van der Waals surface area contributed by atoms with Crippen molar-refractivity contribution in [2.75, 3.05) is 5.32 Å². The summed E-state index contributed by atoms with van der Waals surface area (Å²) in [5.41, 5.74) is -3.51. The predicted molar refractivity (Wildman–Crippen MR) is 70.6 cm³/mol. The summed E-state index contributed by atoms with van der Waals surface area (Å²) in [4.78, 5) is 22.5. The largest absolute Gasteiger partial charge is 0.545 e. The highest BCUT2D eigenvalue weighted by Gasteiger charge is 2.34. The van der Waals surface area contributed by atoms with Gasteiger partial charge in [0, 0.05) is 5.56 Å². The third-order valence-corrected chi connectivity index (χ3v) is 2.58. The number of carboxylic acid groups (broad SMARTS) is 1. The minimum absolute atomic E-state index is 0.414. The molecule has 5 nitrogen and oxygen atoms in total. The molecule has 1 rings (SSSR count). The molecule has 0 heterocycles. The van der Waals surface area contributed by atoms with E-state index in [4.69, 9.17) is 16.3 Å². The molecule has 0 spiro atoms. The minimum atomic E-state index is -4.81. The molecule has 0 fully saturated rings. The van der Waals surface area contributed by atoms with Gasteiger partial charge in [-0.1, -0.05) is 11.6 Å². The van der Waals surface area contributed by atoms with Crippen LogP contribution in [0.5, 0.6) is 0 Å². The molecule has 1 amide bonds. The normalized spacial score (nSPS) is 12.0. The standard InChI is InChI=1S/C13H13ClF3NO4/c1-12(2,3)22-11(21)18-9-5-7(13(15,16)17)8(14)4-6(9)10(19)20/h4-5H,1-3H3,(H,18,21)(H,19,20)/p-1. The average Bonchev–Trinajstić information content (AvgIpc) is 2.26. The van der Waals surface area contributed by atoms with E-state index in [1.165, 1.54) is 20.8 Å². The smallest absolute Gasteiger partial charge is 0.417 e. The quantitative estimate of drug-likeness (QED) is 0.898. The Labute approximate surface area is 129 Å². The average molecular weight is 339 g/mol. The van der Waals surface area contributed by atoms with Crippen molar-refractivity contribution in [1.29, 1.82) is 0 Å². The summed E-state index contributed by atoms with van der Waals surface area (Å²) < 4.78 is 43.2. The number of hydrogen-bond donors (Lipinski definition) is 1. The molecule has 1 aromatic rings. The molecule has 9 heteroatoms. The van der Waals surface area contributed by atoms with Gasteiger partial charge in [-0.05, 0) is 32.9 Å². The Kier molecular flexibility index (Phi) is 4.96. The number of alkyl halides is 3. The fourth-order valence-corrected chi connectivity index (χ4v) is 1.75. The molecular formula is C13H12ClF3NO4-. The molecule has 22 heavy (non-hydrogen) atoms. The Morgan fingerprint density at radius 2 is 1.77 bits per heavy atom. The van der Waals surface area contributed by atoms with Gasteiger partial charge in [0.2, 0.25) is 0 Å². The number of hydrogen-bond acceptors (Lipinski definition) is 4. The first-order valence-electron chi connectivity index (χ1n) is 5.93. The third-order valence-electron chi connectivity index (χ3n) is 2.27. The van der Waals surface area contributed by atoms with E-state index >= 15 is 0 Å². The van der Waals surface area contributed by atoms with Crippen LogP contribution in [0.1, 0.15) is 36.7 Å². The van der Waals surface area contributed by atoms with Gasteiger partial charge in [-0.2, -0.15) is 13.2 Å². The number of carbonyl (C=O) groups is 2. The molecule has 122 valence electrons. The lowest BCUT2D eigenvalue weighted by Gasteiger charge is -2.21. The van der Waals surface area contributed by atoms with Gasteiger partial charge in [0.05, 0.1) is 22.2 Å². The summed E-state index contributed by atoms with van der Waals surface area (Å²) in [6.45, 7) is 4.61. The second-order valence-corrected chi connectivity index (χ2v) is 5.70. The molecule has 0 aromatic heterocycles. The Morgan fingerprint density at radius 3 is 2.18 bits per heavy atom. The zero-order valence-electron chi connectivity index (χ0n) is 11.8. The van der Waals surface area contributed by atoms with E-state index in [0.29, 0.717) is 12.1 Å². The van der Waals surface area contributed by atoms with Gasteiger partial charge in [0.25, 0.3) is 0 Å². The maximum absolute atomic E-state index is 12.8. The summed E-state index contributed by atoms with van der Waals surface area (Å²) in [6, 6.07) is 0.976. The highest BCUT2D eigenvalue weighted by molar-refractivity contribution is 6.32. The summed E-state index contributed by atoms with van der Waals surface area (Å²) >= 11 is 5.42. The molecule has 0 bridgehead atoms. The van der Waals surface area contributed by atoms with Crippen LogP contribution in [-0.4, -0.2) is 17.7 Å². The van der Waals surface area contributed by atoms with E-state index in [1.807, 2.05) is 5.32 Å². The molecule has 0 aliphatic rings. The van der Waals surface area contributed by atoms with Crippen molar-refractivity contribution < 1.29 is 32.6 Å². The molecule has 0 saturated carbocycles. The summed E-state index contributed by atoms with van der Waals surface area (Å²) in [5, 5.41) is 12.1. The van der Waals surface area contributed by atoms with E-state index in [9.17, 15) is 27.9 Å². The first-order valence-corrected chi connectivity index (χ1v) is 6.31. The molecule has 0 aliphatic carbocycles. The molecular weight excluding hydrogens is 327 g/mol. The number of carbonyl (C=O) groups excluding carboxylic acids is 2. The van der Waals surface area contributed by atoms with Crippen LogP contribution in [0.4, 0.5) is 23.7 Å². The summed E-state index contributed by atoms with van der Waals surface area (Å²) in [6.07, 6.45) is -5.92. The Bertz CT molecular complexity index is 609. The summed E-state index contributed by atoms with van der Waals surface area (Å²) in [7, 11) is 0. The van der Waals surface area contributed by atoms with Crippen molar-refractivity contribution in [1.82, 2.24) is 0 Å². The monoisotopic (exact) mass is 338 g/mol. The van der Waals surface area contributed by atoms with E-state index in [1.54, 1.807) is 0 Å². The van der Waals surface area contributed by atoms with Crippen LogP contribution < -0.4 is 10.4 Å². The second kappa shape index (κ2) is 6.04. The van der Waals surface area contributed by atoms with E-state index in [0.717, 1.165) is 0 Å². The molecule has 0 aliphatic heterocycles. The molecule has 0 atom stereocenters. The van der Waals surface area contributed by atoms with Gasteiger partial charge in [-0.25, -0.2) is 4.79 Å². The number of nitrogens with one attached hydrogen (secondary N) is 1. The van der Waals surface area contributed by atoms with Gasteiger partial charge in [0.15, 0.2) is 0 Å². The van der Waals surface area contributed by atoms with Crippen molar-refractivity contribution in [3.63, 3.8) is 0 Å². The van der Waals surface area contributed by atoms with Crippen LogP contribution in [0.25, 0.3) is 0 Å². The number of carboxylic acids is 1. The van der Waals surface area contributed by atoms with Gasteiger partial charge in [-0.15, -0.1) is 0 Å². The number of amides is 1. The van der Waals surface area contributed by atoms with E-state index in [-0.39, 0.29) is 0 Å². The highest BCUT2D eigenvalue weighted by atomic mass is 35.5. The van der Waals surface area contributed by atoms with Crippen molar-refractivity contribution in [2.24, 2.45) is 0 Å². The molecule has 0 unspecified atom stereocenters. The summed E-state index contributed by atoms with van der Waals surface area (Å²) in [5.74, 6) is -1.79. The lowest BCUT2D eigenvalue weighted by Crippen LogP contribution is -2.29. The van der Waals surface area contributed by atoms with Crippen molar-refractivity contribution in [2.45, 2.75) is 32.5 Å². The number of halogens is 4. The van der Waals surface area contributed by atoms with Gasteiger partial charge < -0.3 is 14.6 Å². The number of ether oxygens (including phenoxy) is 1. The lowest BCUT2D eigenvalue weighted by atomic mass is 10.1. The van der Waals surface area contributed by atoms with E-state index in [2.05, 4.69) is 0 Å². The maximum atomic E-state index is 12.8. The SMILES string of the molecule is CC(C)(C)OC(=O)Nc1cc(C(F)(F)F)c(Cl)cc1C(=O)[O-]. The van der Waals surface area contributed by atoms with Crippen molar-refractivity contribution >= 4 is 29.4 Å². The Morgan fingerprint density at radius 1 is 1.23 bits per heavy atom. The lowest BCUT2D eigenvalue weighted by molar-refractivity contribution is -0.254. The predicted octanol–water partition coefficient (Wildman–Crippen LogP) is 3.07. The topological polar surface area (TPSA) is 78.5 Å². The van der Waals surface area contributed by atoms with Crippen LogP contribution in [0.15, 0.2) is 12.1 Å². The molecule has 0 radical (unpaired) electrons. The first-order chi connectivity index (χ1) is 9.81. The highest BCUT2D eigenvalue weighted by Crippen LogP contribution is 2.37. The van der Waals surface area contributed by atoms with Gasteiger partial charge in [-0.3, -0.25) is 5.32 Å². The van der Waals surface area contributed by atoms with Crippen molar-refractivity contribution in [3.05, 3.63) is 28.3 Å². The van der Waals surface area contributed by atoms with Crippen LogP contribution in [0.2, 0.25) is 5.02 Å². The third kappa shape index (κ3) is 4.80. The van der Waals surface area contributed by atoms with Crippen LogP contribution in [-0.2, 0) is 10.9 Å². The minimum Gasteiger partial charge on any atom is -0.545 e. The fraction of sp³-hybridized carbons (Fsp3) is 0.385. The van der Waals surface area contributed by atoms with Crippen LogP contribution in [0.3, 0.4) is 0 Å². The van der Waals surface area contributed by atoms with E-state index < -0.39 is 45.7 Å².